The highest BCUT2D eigenvalue weighted by molar-refractivity contribution is 5.43. The molecule has 0 radical (unpaired) electrons. The van der Waals surface area contributed by atoms with Crippen LogP contribution in [0.3, 0.4) is 0 Å². The second-order valence-electron chi connectivity index (χ2n) is 4.39. The van der Waals surface area contributed by atoms with Crippen molar-refractivity contribution in [2.45, 2.75) is 39.5 Å². The van der Waals surface area contributed by atoms with Crippen LogP contribution in [0.1, 0.15) is 32.0 Å². The molecule has 0 aromatic carbocycles. The smallest absolute Gasteiger partial charge is 0.151 e. The van der Waals surface area contributed by atoms with Crippen molar-refractivity contribution in [2.24, 2.45) is 0 Å². The summed E-state index contributed by atoms with van der Waals surface area (Å²) < 4.78 is 7.29. The summed E-state index contributed by atoms with van der Waals surface area (Å²) in [7, 11) is 0. The molecule has 0 bridgehead atoms. The van der Waals surface area contributed by atoms with E-state index in [4.69, 9.17) is 10.5 Å². The molecule has 13 heavy (non-hydrogen) atoms. The Labute approximate surface area is 77.7 Å². The minimum atomic E-state index is -0.0184. The van der Waals surface area contributed by atoms with Gasteiger partial charge in [0.15, 0.2) is 5.82 Å². The first-order valence-corrected chi connectivity index (χ1v) is 4.44. The van der Waals surface area contributed by atoms with Gasteiger partial charge in [-0.3, -0.25) is 4.68 Å². The molecule has 0 saturated carbocycles. The van der Waals surface area contributed by atoms with Crippen LogP contribution in [0.2, 0.25) is 0 Å². The molecule has 2 N–H and O–H groups in total. The minimum Gasteiger partial charge on any atom is -0.382 e. The van der Waals surface area contributed by atoms with Gasteiger partial charge in [-0.05, 0) is 20.8 Å². The van der Waals surface area contributed by atoms with Gasteiger partial charge in [0.05, 0.1) is 24.4 Å². The van der Waals surface area contributed by atoms with Gasteiger partial charge in [0.25, 0.3) is 0 Å². The molecular formula is C9H15N3O. The van der Waals surface area contributed by atoms with E-state index in [-0.39, 0.29) is 5.54 Å². The van der Waals surface area contributed by atoms with Crippen molar-refractivity contribution in [3.8, 4) is 0 Å². The lowest BCUT2D eigenvalue weighted by Gasteiger charge is -2.21. The Morgan fingerprint density at radius 3 is 2.69 bits per heavy atom. The summed E-state index contributed by atoms with van der Waals surface area (Å²) in [4.78, 5) is 0. The molecule has 2 heterocycles. The van der Waals surface area contributed by atoms with Crippen molar-refractivity contribution in [3.05, 3.63) is 11.3 Å². The van der Waals surface area contributed by atoms with E-state index in [1.807, 2.05) is 4.68 Å². The number of hydrogen-bond acceptors (Lipinski definition) is 3. The molecule has 72 valence electrons. The summed E-state index contributed by atoms with van der Waals surface area (Å²) in [5.74, 6) is 0.613. The highest BCUT2D eigenvalue weighted by Gasteiger charge is 2.27. The van der Waals surface area contributed by atoms with Crippen LogP contribution in [-0.4, -0.2) is 9.78 Å². The first kappa shape index (κ1) is 8.56. The number of fused-ring (bicyclic) bond motifs is 1. The third-order valence-electron chi connectivity index (χ3n) is 2.24. The van der Waals surface area contributed by atoms with Gasteiger partial charge < -0.3 is 10.5 Å². The minimum absolute atomic E-state index is 0.0184. The Kier molecular flexibility index (Phi) is 1.63. The van der Waals surface area contributed by atoms with E-state index in [1.54, 1.807) is 0 Å². The summed E-state index contributed by atoms with van der Waals surface area (Å²) in [6.07, 6.45) is 0. The zero-order valence-electron chi connectivity index (χ0n) is 8.29. The van der Waals surface area contributed by atoms with Crippen molar-refractivity contribution in [2.75, 3.05) is 5.73 Å². The number of nitrogen functional groups attached to an aromatic ring is 1. The van der Waals surface area contributed by atoms with Crippen LogP contribution < -0.4 is 5.73 Å². The molecule has 0 unspecified atom stereocenters. The third-order valence-corrected chi connectivity index (χ3v) is 2.24. The van der Waals surface area contributed by atoms with Crippen LogP contribution in [0.4, 0.5) is 5.82 Å². The third kappa shape index (κ3) is 1.21. The van der Waals surface area contributed by atoms with Crippen LogP contribution in [0.5, 0.6) is 0 Å². The second-order valence-corrected chi connectivity index (χ2v) is 4.39. The van der Waals surface area contributed by atoms with Gasteiger partial charge >= 0.3 is 0 Å². The molecule has 0 atom stereocenters. The van der Waals surface area contributed by atoms with E-state index < -0.39 is 0 Å². The first-order valence-electron chi connectivity index (χ1n) is 4.44. The number of nitrogens with two attached hydrogens (primary N) is 1. The van der Waals surface area contributed by atoms with Crippen LogP contribution in [0, 0.1) is 0 Å². The highest BCUT2D eigenvalue weighted by atomic mass is 16.5. The lowest BCUT2D eigenvalue weighted by molar-refractivity contribution is 0.126. The molecule has 2 rings (SSSR count). The van der Waals surface area contributed by atoms with Gasteiger partial charge in [-0.2, -0.15) is 5.10 Å². The summed E-state index contributed by atoms with van der Waals surface area (Å²) in [6.45, 7) is 7.57. The number of anilines is 1. The number of ether oxygens (including phenoxy) is 1. The Morgan fingerprint density at radius 1 is 1.38 bits per heavy atom. The maximum atomic E-state index is 5.78. The monoisotopic (exact) mass is 181 g/mol. The number of rotatable bonds is 0. The molecule has 4 heteroatoms. The lowest BCUT2D eigenvalue weighted by atomic mass is 10.1. The molecule has 1 aromatic heterocycles. The summed E-state index contributed by atoms with van der Waals surface area (Å²) >= 11 is 0. The highest BCUT2D eigenvalue weighted by Crippen LogP contribution is 2.29. The molecular weight excluding hydrogens is 166 g/mol. The zero-order chi connectivity index (χ0) is 9.64. The number of aromatic nitrogens is 2. The Balaban J connectivity index is 2.55. The predicted molar refractivity (Wildman–Crippen MR) is 50.1 cm³/mol. The normalized spacial score (nSPS) is 16.2. The van der Waals surface area contributed by atoms with Gasteiger partial charge in [-0.15, -0.1) is 0 Å². The molecule has 0 aliphatic carbocycles. The van der Waals surface area contributed by atoms with Crippen molar-refractivity contribution >= 4 is 5.82 Å². The fraction of sp³-hybridized carbons (Fsp3) is 0.667. The summed E-state index contributed by atoms with van der Waals surface area (Å²) in [5, 5.41) is 4.32. The molecule has 4 nitrogen and oxygen atoms in total. The standard InChI is InChI=1S/C9H15N3O/c1-9(2,3)12-7-5-13-4-6(7)8(10)11-12/h4-5H2,1-3H3,(H2,10,11). The van der Waals surface area contributed by atoms with Crippen LogP contribution >= 0.6 is 0 Å². The van der Waals surface area contributed by atoms with Crippen molar-refractivity contribution in [3.63, 3.8) is 0 Å². The van der Waals surface area contributed by atoms with Crippen LogP contribution in [0.15, 0.2) is 0 Å². The molecule has 1 aliphatic rings. The van der Waals surface area contributed by atoms with E-state index >= 15 is 0 Å². The molecule has 0 spiro atoms. The van der Waals surface area contributed by atoms with E-state index in [9.17, 15) is 0 Å². The summed E-state index contributed by atoms with van der Waals surface area (Å²) in [6, 6.07) is 0. The maximum Gasteiger partial charge on any atom is 0.151 e. The SMILES string of the molecule is CC(C)(C)n1nc(N)c2c1COC2. The Morgan fingerprint density at radius 2 is 2.08 bits per heavy atom. The van der Waals surface area contributed by atoms with Crippen LogP contribution in [0.25, 0.3) is 0 Å². The van der Waals surface area contributed by atoms with E-state index in [2.05, 4.69) is 25.9 Å². The zero-order valence-corrected chi connectivity index (χ0v) is 8.29. The molecule has 0 amide bonds. The van der Waals surface area contributed by atoms with Crippen LogP contribution in [-0.2, 0) is 23.5 Å². The predicted octanol–water partition coefficient (Wildman–Crippen LogP) is 1.25. The number of nitrogens with zero attached hydrogens (tertiary/aromatic N) is 2. The maximum absolute atomic E-state index is 5.78. The average molecular weight is 181 g/mol. The first-order chi connectivity index (χ1) is 6.00. The number of hydrogen-bond donors (Lipinski definition) is 1. The fourth-order valence-electron chi connectivity index (χ4n) is 1.61. The van der Waals surface area contributed by atoms with Crippen molar-refractivity contribution < 1.29 is 4.74 Å². The Hall–Kier alpha value is -1.03. The molecule has 1 aliphatic heterocycles. The van der Waals surface area contributed by atoms with Crippen molar-refractivity contribution in [1.29, 1.82) is 0 Å². The largest absolute Gasteiger partial charge is 0.382 e. The van der Waals surface area contributed by atoms with Gasteiger partial charge in [0.1, 0.15) is 0 Å². The Bertz CT molecular complexity index is 335. The van der Waals surface area contributed by atoms with Gasteiger partial charge in [0.2, 0.25) is 0 Å². The molecule has 1 aromatic rings. The average Bonchev–Trinajstić information content (AvgIpc) is 2.51. The second kappa shape index (κ2) is 2.48. The quantitative estimate of drug-likeness (QED) is 0.655. The van der Waals surface area contributed by atoms with E-state index in [1.165, 1.54) is 0 Å². The van der Waals surface area contributed by atoms with Crippen molar-refractivity contribution in [1.82, 2.24) is 9.78 Å². The van der Waals surface area contributed by atoms with Gasteiger partial charge in [-0.25, -0.2) is 0 Å². The summed E-state index contributed by atoms with van der Waals surface area (Å²) in [5.41, 5.74) is 7.95. The van der Waals surface area contributed by atoms with Gasteiger partial charge in [0, 0.05) is 5.56 Å². The lowest BCUT2D eigenvalue weighted by Crippen LogP contribution is -2.25. The molecule has 0 saturated heterocycles. The van der Waals surface area contributed by atoms with E-state index in [0.29, 0.717) is 19.0 Å². The van der Waals surface area contributed by atoms with E-state index in [0.717, 1.165) is 11.3 Å². The fourth-order valence-corrected chi connectivity index (χ4v) is 1.61. The van der Waals surface area contributed by atoms with Gasteiger partial charge in [-0.1, -0.05) is 0 Å². The topological polar surface area (TPSA) is 53.1 Å². The molecule has 0 fully saturated rings.